The van der Waals surface area contributed by atoms with Crippen LogP contribution in [0.15, 0.2) is 11.4 Å². The minimum absolute atomic E-state index is 0.0577. The SMILES string of the molecule is CC(C)[C@H](NC(=O)CCOCCOCCOCCOCCNC(=O)COC1CCCCC/C(NC(C)(C)C)=C\1NN)C(N)=O. The number of rotatable bonds is 23. The highest BCUT2D eigenvalue weighted by Crippen LogP contribution is 2.24. The zero-order chi connectivity index (χ0) is 32.8. The number of primary amides is 1. The third kappa shape index (κ3) is 19.0. The van der Waals surface area contributed by atoms with E-state index in [4.69, 9.17) is 35.3 Å². The lowest BCUT2D eigenvalue weighted by Crippen LogP contribution is -2.47. The van der Waals surface area contributed by atoms with E-state index in [2.05, 4.69) is 42.1 Å². The van der Waals surface area contributed by atoms with Crippen LogP contribution in [0.4, 0.5) is 0 Å². The van der Waals surface area contributed by atoms with E-state index in [0.717, 1.165) is 43.5 Å². The lowest BCUT2D eigenvalue weighted by molar-refractivity contribution is -0.129. The van der Waals surface area contributed by atoms with Gasteiger partial charge in [-0.15, -0.1) is 0 Å². The third-order valence-electron chi connectivity index (χ3n) is 6.58. The highest BCUT2D eigenvalue weighted by molar-refractivity contribution is 5.86. The van der Waals surface area contributed by atoms with Crippen LogP contribution in [0.1, 0.15) is 73.1 Å². The van der Waals surface area contributed by atoms with Gasteiger partial charge in [-0.05, 0) is 46.0 Å². The molecule has 1 unspecified atom stereocenters. The van der Waals surface area contributed by atoms with Crippen LogP contribution < -0.4 is 33.0 Å². The van der Waals surface area contributed by atoms with Gasteiger partial charge in [0.2, 0.25) is 17.7 Å². The van der Waals surface area contributed by atoms with E-state index in [1.165, 1.54) is 0 Å². The van der Waals surface area contributed by atoms with E-state index in [-0.39, 0.29) is 49.0 Å². The number of hydrazine groups is 1. The number of ether oxygens (including phenoxy) is 5. The van der Waals surface area contributed by atoms with Gasteiger partial charge in [-0.3, -0.25) is 20.2 Å². The fourth-order valence-corrected chi connectivity index (χ4v) is 4.44. The van der Waals surface area contributed by atoms with E-state index in [1.54, 1.807) is 0 Å². The van der Waals surface area contributed by atoms with E-state index >= 15 is 0 Å². The summed E-state index contributed by atoms with van der Waals surface area (Å²) >= 11 is 0. The van der Waals surface area contributed by atoms with E-state index in [0.29, 0.717) is 52.8 Å². The van der Waals surface area contributed by atoms with Crippen molar-refractivity contribution in [2.45, 2.75) is 90.8 Å². The Balaban J connectivity index is 2.05. The molecule has 3 amide bonds. The lowest BCUT2D eigenvalue weighted by Gasteiger charge is -2.31. The normalized spacial score (nSPS) is 18.3. The van der Waals surface area contributed by atoms with Crippen molar-refractivity contribution in [1.29, 1.82) is 0 Å². The monoisotopic (exact) mass is 630 g/mol. The molecule has 8 N–H and O–H groups in total. The Morgan fingerprint density at radius 2 is 1.45 bits per heavy atom. The average molecular weight is 631 g/mol. The molecular formula is C30H58N6O8. The van der Waals surface area contributed by atoms with Crippen LogP contribution in [-0.2, 0) is 38.1 Å². The summed E-state index contributed by atoms with van der Waals surface area (Å²) < 4.78 is 27.8. The Kier molecular flexibility index (Phi) is 20.6. The summed E-state index contributed by atoms with van der Waals surface area (Å²) in [6.45, 7) is 13.2. The molecule has 2 atom stereocenters. The number of carbonyl (C=O) groups excluding carboxylic acids is 3. The number of carbonyl (C=O) groups is 3. The zero-order valence-electron chi connectivity index (χ0n) is 27.5. The minimum Gasteiger partial charge on any atom is -0.382 e. The minimum atomic E-state index is -0.685. The highest BCUT2D eigenvalue weighted by Gasteiger charge is 2.24. The van der Waals surface area contributed by atoms with E-state index in [9.17, 15) is 14.4 Å². The van der Waals surface area contributed by atoms with Gasteiger partial charge in [-0.2, -0.15) is 0 Å². The fraction of sp³-hybridized carbons (Fsp3) is 0.833. The van der Waals surface area contributed by atoms with Gasteiger partial charge in [0, 0.05) is 24.2 Å². The summed E-state index contributed by atoms with van der Waals surface area (Å²) in [6, 6.07) is -0.685. The molecule has 44 heavy (non-hydrogen) atoms. The number of nitrogens with two attached hydrogens (primary N) is 2. The Morgan fingerprint density at radius 1 is 0.864 bits per heavy atom. The van der Waals surface area contributed by atoms with Crippen LogP contribution in [0.25, 0.3) is 0 Å². The zero-order valence-corrected chi connectivity index (χ0v) is 27.5. The molecule has 0 heterocycles. The number of hydrogen-bond acceptors (Lipinski definition) is 11. The molecule has 0 aromatic rings. The van der Waals surface area contributed by atoms with Crippen LogP contribution in [0, 0.1) is 5.92 Å². The quantitative estimate of drug-likeness (QED) is 0.0525. The molecule has 0 spiro atoms. The molecule has 0 saturated heterocycles. The molecule has 256 valence electrons. The molecule has 0 fully saturated rings. The first-order valence-electron chi connectivity index (χ1n) is 15.7. The van der Waals surface area contributed by atoms with Gasteiger partial charge in [0.15, 0.2) is 0 Å². The number of allylic oxidation sites excluding steroid dienone is 1. The van der Waals surface area contributed by atoms with Gasteiger partial charge < -0.3 is 50.8 Å². The second-order valence-electron chi connectivity index (χ2n) is 12.1. The van der Waals surface area contributed by atoms with Gasteiger partial charge >= 0.3 is 0 Å². The van der Waals surface area contributed by atoms with Crippen molar-refractivity contribution in [2.75, 3.05) is 66.0 Å². The Hall–Kier alpha value is -2.49. The lowest BCUT2D eigenvalue weighted by atomic mass is 9.97. The van der Waals surface area contributed by atoms with Gasteiger partial charge in [0.05, 0.1) is 58.6 Å². The number of hydrogen-bond donors (Lipinski definition) is 6. The summed E-state index contributed by atoms with van der Waals surface area (Å²) in [5.41, 5.74) is 9.86. The van der Waals surface area contributed by atoms with Crippen molar-refractivity contribution < 1.29 is 38.1 Å². The maximum atomic E-state index is 12.3. The van der Waals surface area contributed by atoms with Crippen LogP contribution in [0.3, 0.4) is 0 Å². The predicted molar refractivity (Wildman–Crippen MR) is 167 cm³/mol. The molecule has 14 heteroatoms. The summed E-state index contributed by atoms with van der Waals surface area (Å²) in [5, 5.41) is 8.96. The molecule has 1 rings (SSSR count). The Morgan fingerprint density at radius 3 is 2.00 bits per heavy atom. The molecule has 0 saturated carbocycles. The standard InChI is InChI=1S/C30H58N6O8/c1-22(2)27(29(31)39)34-25(37)11-13-40-15-17-42-19-20-43-18-16-41-14-12-33-26(38)21-44-24-10-8-6-7-9-23(28(24)36-32)35-30(3,4)5/h22,24,27,35-36H,6-21,32H2,1-5H3,(H2,31,39)(H,33,38)(H,34,37)/b28-23-/t24?,27-/m0/s1. The van der Waals surface area contributed by atoms with Crippen molar-refractivity contribution in [3.8, 4) is 0 Å². The molecule has 0 radical (unpaired) electrons. The summed E-state index contributed by atoms with van der Waals surface area (Å²) in [6.07, 6.45) is 4.74. The molecule has 0 bridgehead atoms. The average Bonchev–Trinajstić information content (AvgIpc) is 2.93. The smallest absolute Gasteiger partial charge is 0.246 e. The fourth-order valence-electron chi connectivity index (χ4n) is 4.44. The third-order valence-corrected chi connectivity index (χ3v) is 6.58. The van der Waals surface area contributed by atoms with E-state index in [1.807, 2.05) is 13.8 Å². The molecule has 0 aliphatic heterocycles. The van der Waals surface area contributed by atoms with Gasteiger partial charge in [-0.25, -0.2) is 0 Å². The maximum absolute atomic E-state index is 12.3. The summed E-state index contributed by atoms with van der Waals surface area (Å²) in [5.74, 6) is 4.75. The molecule has 1 aliphatic carbocycles. The highest BCUT2D eigenvalue weighted by atomic mass is 16.6. The summed E-state index contributed by atoms with van der Waals surface area (Å²) in [7, 11) is 0. The van der Waals surface area contributed by atoms with Gasteiger partial charge in [-0.1, -0.05) is 26.7 Å². The van der Waals surface area contributed by atoms with Gasteiger partial charge in [0.1, 0.15) is 18.8 Å². The largest absolute Gasteiger partial charge is 0.382 e. The van der Waals surface area contributed by atoms with Crippen LogP contribution in [0.5, 0.6) is 0 Å². The second kappa shape index (κ2) is 22.9. The Bertz CT molecular complexity index is 865. The first-order chi connectivity index (χ1) is 20.9. The van der Waals surface area contributed by atoms with Crippen molar-refractivity contribution in [2.24, 2.45) is 17.5 Å². The molecule has 0 aromatic heterocycles. The first-order valence-corrected chi connectivity index (χ1v) is 15.7. The van der Waals surface area contributed by atoms with Crippen LogP contribution in [-0.4, -0.2) is 101 Å². The van der Waals surface area contributed by atoms with Crippen LogP contribution in [0.2, 0.25) is 0 Å². The van der Waals surface area contributed by atoms with E-state index < -0.39 is 11.9 Å². The van der Waals surface area contributed by atoms with Crippen LogP contribution >= 0.6 is 0 Å². The van der Waals surface area contributed by atoms with Crippen molar-refractivity contribution in [3.63, 3.8) is 0 Å². The molecular weight excluding hydrogens is 572 g/mol. The second-order valence-corrected chi connectivity index (χ2v) is 12.1. The molecule has 14 nitrogen and oxygen atoms in total. The predicted octanol–water partition coefficient (Wildman–Crippen LogP) is 0.598. The van der Waals surface area contributed by atoms with Crippen molar-refractivity contribution in [1.82, 2.24) is 21.4 Å². The van der Waals surface area contributed by atoms with Gasteiger partial charge in [0.25, 0.3) is 0 Å². The molecule has 0 aromatic carbocycles. The maximum Gasteiger partial charge on any atom is 0.246 e. The topological polar surface area (TPSA) is 198 Å². The van der Waals surface area contributed by atoms with Crippen molar-refractivity contribution >= 4 is 17.7 Å². The Labute approximate surface area is 263 Å². The molecule has 1 aliphatic rings. The number of amides is 3. The van der Waals surface area contributed by atoms with Crippen molar-refractivity contribution in [3.05, 3.63) is 11.4 Å². The number of nitrogens with one attached hydrogen (secondary N) is 4. The summed E-state index contributed by atoms with van der Waals surface area (Å²) in [4.78, 5) is 35.5. The first kappa shape index (κ1) is 39.5.